The molecular formula is C27H29NO4. The predicted molar refractivity (Wildman–Crippen MR) is 126 cm³/mol. The molecule has 2 aliphatic rings. The topological polar surface area (TPSA) is 90.4 Å². The highest BCUT2D eigenvalue weighted by Gasteiger charge is 2.38. The number of ketones is 1. The van der Waals surface area contributed by atoms with Crippen molar-refractivity contribution in [1.82, 2.24) is 4.98 Å². The van der Waals surface area contributed by atoms with Gasteiger partial charge in [0.25, 0.3) is 5.56 Å². The second-order valence-corrected chi connectivity index (χ2v) is 8.98. The highest BCUT2D eigenvalue weighted by molar-refractivity contribution is 6.12. The monoisotopic (exact) mass is 431 g/mol. The Hall–Kier alpha value is -3.34. The quantitative estimate of drug-likeness (QED) is 0.439. The van der Waals surface area contributed by atoms with Gasteiger partial charge in [-0.05, 0) is 62.6 Å². The van der Waals surface area contributed by atoms with Gasteiger partial charge in [-0.3, -0.25) is 9.59 Å². The average Bonchev–Trinajstić information content (AvgIpc) is 2.76. The molecule has 1 heterocycles. The third-order valence-corrected chi connectivity index (χ3v) is 6.82. The summed E-state index contributed by atoms with van der Waals surface area (Å²) in [6.45, 7) is 6.22. The van der Waals surface area contributed by atoms with E-state index in [4.69, 9.17) is 0 Å². The summed E-state index contributed by atoms with van der Waals surface area (Å²) in [5.41, 5.74) is 3.12. The van der Waals surface area contributed by atoms with Crippen LogP contribution in [0.25, 0.3) is 11.1 Å². The summed E-state index contributed by atoms with van der Waals surface area (Å²) in [6, 6.07) is 6.24. The summed E-state index contributed by atoms with van der Waals surface area (Å²) in [4.78, 5) is 29.0. The van der Waals surface area contributed by atoms with Gasteiger partial charge in [0.1, 0.15) is 17.1 Å². The summed E-state index contributed by atoms with van der Waals surface area (Å²) in [5.74, 6) is 0.00674. The first-order valence-corrected chi connectivity index (χ1v) is 11.1. The van der Waals surface area contributed by atoms with Gasteiger partial charge in [0, 0.05) is 23.3 Å². The van der Waals surface area contributed by atoms with E-state index in [9.17, 15) is 19.8 Å². The maximum atomic E-state index is 13.7. The zero-order chi connectivity index (χ0) is 23.0. The van der Waals surface area contributed by atoms with Crippen molar-refractivity contribution in [2.45, 2.75) is 40.0 Å². The normalized spacial score (nSPS) is 23.2. The molecule has 3 N–H and O–H groups in total. The molecule has 0 bridgehead atoms. The summed E-state index contributed by atoms with van der Waals surface area (Å²) < 4.78 is 0. The van der Waals surface area contributed by atoms with E-state index < -0.39 is 11.3 Å². The standard InChI is InChI=1S/C27H29NO4/c1-4-5-20-21-12-15(2)6-11-19(21)16(3)13-22(20)25(30)24-26(31)23(14-28-27(24)32)17-7-9-18(29)10-8-17/h4-5,7-10,13-15,20-21,29H,6,11-12H2,1-3H3,(H2,28,31,32)/b5-4+/t15-,20+,21-/m1/s1. The van der Waals surface area contributed by atoms with Crippen LogP contribution in [-0.2, 0) is 0 Å². The van der Waals surface area contributed by atoms with Crippen molar-refractivity contribution in [3.8, 4) is 22.6 Å². The number of Topliss-reactive ketones (excluding diaryl/α,β-unsaturated/α-hetero) is 1. The van der Waals surface area contributed by atoms with Crippen LogP contribution in [0.1, 0.15) is 50.4 Å². The van der Waals surface area contributed by atoms with Gasteiger partial charge in [-0.15, -0.1) is 0 Å². The molecule has 0 amide bonds. The largest absolute Gasteiger partial charge is 0.508 e. The first-order chi connectivity index (χ1) is 15.3. The molecule has 1 saturated carbocycles. The molecule has 1 aromatic heterocycles. The average molecular weight is 432 g/mol. The lowest BCUT2D eigenvalue weighted by Crippen LogP contribution is -2.31. The lowest BCUT2D eigenvalue weighted by atomic mass is 9.65. The van der Waals surface area contributed by atoms with E-state index in [0.717, 1.165) is 24.8 Å². The van der Waals surface area contributed by atoms with E-state index >= 15 is 0 Å². The lowest BCUT2D eigenvalue weighted by Gasteiger charge is -2.39. The molecule has 0 saturated heterocycles. The van der Waals surface area contributed by atoms with E-state index in [-0.39, 0.29) is 28.9 Å². The number of carbonyl (C=O) groups excluding carboxylic acids is 1. The zero-order valence-electron chi connectivity index (χ0n) is 18.7. The van der Waals surface area contributed by atoms with Crippen molar-refractivity contribution < 1.29 is 15.0 Å². The Morgan fingerprint density at radius 1 is 1.19 bits per heavy atom. The smallest absolute Gasteiger partial charge is 0.263 e. The number of benzene rings is 1. The Morgan fingerprint density at radius 2 is 1.91 bits per heavy atom. The Labute approximate surface area is 187 Å². The molecule has 0 unspecified atom stereocenters. The third-order valence-electron chi connectivity index (χ3n) is 6.82. The number of rotatable bonds is 4. The van der Waals surface area contributed by atoms with Crippen LogP contribution in [0.15, 0.2) is 70.2 Å². The number of phenolic OH excluding ortho intramolecular Hbond substituents is 1. The van der Waals surface area contributed by atoms with Crippen LogP contribution >= 0.6 is 0 Å². The highest BCUT2D eigenvalue weighted by Crippen LogP contribution is 2.46. The Balaban J connectivity index is 1.83. The summed E-state index contributed by atoms with van der Waals surface area (Å²) >= 11 is 0. The molecule has 32 heavy (non-hydrogen) atoms. The van der Waals surface area contributed by atoms with Gasteiger partial charge >= 0.3 is 0 Å². The number of phenols is 1. The molecule has 166 valence electrons. The number of aromatic hydroxyl groups is 2. The minimum atomic E-state index is -0.611. The fourth-order valence-corrected chi connectivity index (χ4v) is 5.17. The first kappa shape index (κ1) is 21.9. The summed E-state index contributed by atoms with van der Waals surface area (Å²) in [7, 11) is 0. The summed E-state index contributed by atoms with van der Waals surface area (Å²) in [5, 5.41) is 20.5. The predicted octanol–water partition coefficient (Wildman–Crippen LogP) is 5.52. The third kappa shape index (κ3) is 3.83. The minimum Gasteiger partial charge on any atom is -0.508 e. The van der Waals surface area contributed by atoms with Gasteiger partial charge in [0.2, 0.25) is 0 Å². The molecule has 0 radical (unpaired) electrons. The van der Waals surface area contributed by atoms with Crippen LogP contribution < -0.4 is 5.56 Å². The Kier molecular flexibility index (Phi) is 5.92. The molecule has 2 aromatic rings. The molecule has 1 aromatic carbocycles. The summed E-state index contributed by atoms with van der Waals surface area (Å²) in [6.07, 6.45) is 10.5. The molecular weight excluding hydrogens is 402 g/mol. The van der Waals surface area contributed by atoms with Gasteiger partial charge in [-0.25, -0.2) is 0 Å². The van der Waals surface area contributed by atoms with E-state index in [2.05, 4.69) is 11.9 Å². The minimum absolute atomic E-state index is 0.0929. The number of carbonyl (C=O) groups is 1. The number of fused-ring (bicyclic) bond motifs is 1. The number of allylic oxidation sites excluding steroid dienone is 6. The lowest BCUT2D eigenvalue weighted by molar-refractivity contribution is 0.101. The Morgan fingerprint density at radius 3 is 2.59 bits per heavy atom. The van der Waals surface area contributed by atoms with Crippen LogP contribution in [-0.4, -0.2) is 21.0 Å². The number of pyridine rings is 1. The van der Waals surface area contributed by atoms with Crippen molar-refractivity contribution in [3.63, 3.8) is 0 Å². The van der Waals surface area contributed by atoms with Crippen molar-refractivity contribution in [3.05, 3.63) is 81.3 Å². The fourth-order valence-electron chi connectivity index (χ4n) is 5.17. The first-order valence-electron chi connectivity index (χ1n) is 11.1. The Bertz CT molecular complexity index is 1200. The number of hydrogen-bond donors (Lipinski definition) is 3. The van der Waals surface area contributed by atoms with E-state index in [0.29, 0.717) is 22.6 Å². The SMILES string of the molecule is C/C=C/[C@@H]1C(C(=O)c2c(O)c(-c3ccc(O)cc3)c[nH]c2=O)=CC(C)=C2CC[C@@H](C)C[C@H]21. The van der Waals surface area contributed by atoms with Crippen LogP contribution in [0.2, 0.25) is 0 Å². The number of H-pyrrole nitrogens is 1. The number of aromatic nitrogens is 1. The van der Waals surface area contributed by atoms with Crippen molar-refractivity contribution in [2.75, 3.05) is 0 Å². The van der Waals surface area contributed by atoms with Gasteiger partial charge < -0.3 is 15.2 Å². The van der Waals surface area contributed by atoms with Crippen LogP contribution in [0.3, 0.4) is 0 Å². The van der Waals surface area contributed by atoms with Gasteiger partial charge in [-0.1, -0.05) is 48.4 Å². The van der Waals surface area contributed by atoms with Crippen molar-refractivity contribution in [2.24, 2.45) is 17.8 Å². The maximum absolute atomic E-state index is 13.7. The number of nitrogens with one attached hydrogen (secondary N) is 1. The molecule has 2 aliphatic carbocycles. The fraction of sp³-hybridized carbons (Fsp3) is 0.333. The number of hydrogen-bond acceptors (Lipinski definition) is 4. The molecule has 4 rings (SSSR count). The number of aromatic amines is 1. The maximum Gasteiger partial charge on any atom is 0.263 e. The van der Waals surface area contributed by atoms with E-state index in [1.807, 2.05) is 32.1 Å². The molecule has 5 nitrogen and oxygen atoms in total. The van der Waals surface area contributed by atoms with Gasteiger partial charge in [0.05, 0.1) is 0 Å². The van der Waals surface area contributed by atoms with Gasteiger partial charge in [-0.2, -0.15) is 0 Å². The second-order valence-electron chi connectivity index (χ2n) is 8.98. The molecule has 3 atom stereocenters. The van der Waals surface area contributed by atoms with Crippen molar-refractivity contribution >= 4 is 5.78 Å². The second kappa shape index (κ2) is 8.65. The van der Waals surface area contributed by atoms with E-state index in [1.165, 1.54) is 23.9 Å². The van der Waals surface area contributed by atoms with Crippen LogP contribution in [0.4, 0.5) is 0 Å². The van der Waals surface area contributed by atoms with E-state index in [1.54, 1.807) is 12.1 Å². The molecule has 5 heteroatoms. The van der Waals surface area contributed by atoms with Crippen molar-refractivity contribution in [1.29, 1.82) is 0 Å². The molecule has 1 fully saturated rings. The van der Waals surface area contributed by atoms with Crippen LogP contribution in [0, 0.1) is 17.8 Å². The zero-order valence-corrected chi connectivity index (χ0v) is 18.7. The highest BCUT2D eigenvalue weighted by atomic mass is 16.3. The van der Waals surface area contributed by atoms with Gasteiger partial charge in [0.15, 0.2) is 5.78 Å². The molecule has 0 spiro atoms. The molecule has 0 aliphatic heterocycles. The van der Waals surface area contributed by atoms with Crippen LogP contribution in [0.5, 0.6) is 11.5 Å².